The van der Waals surface area contributed by atoms with E-state index in [1.165, 1.54) is 5.56 Å². The topological polar surface area (TPSA) is 0 Å². The Balaban J connectivity index is 2.80. The molecule has 1 aromatic carbocycles. The maximum atomic E-state index is 2.34. The molecule has 0 bridgehead atoms. The quantitative estimate of drug-likeness (QED) is 0.751. The molecule has 0 heterocycles. The first-order valence-electron chi connectivity index (χ1n) is 3.90. The van der Waals surface area contributed by atoms with E-state index in [2.05, 4.69) is 42.8 Å². The molecule has 0 atom stereocenters. The van der Waals surface area contributed by atoms with Gasteiger partial charge in [0.1, 0.15) is 0 Å². The summed E-state index contributed by atoms with van der Waals surface area (Å²) in [4.78, 5) is 0. The molecule has 2 heteroatoms. The van der Waals surface area contributed by atoms with Crippen molar-refractivity contribution in [2.75, 3.05) is 0 Å². The molecule has 1 aromatic rings. The number of benzene rings is 1. The molecule has 1 rings (SSSR count). The van der Waals surface area contributed by atoms with Crippen molar-refractivity contribution in [1.29, 1.82) is 0 Å². The average Bonchev–Trinajstić information content (AvgIpc) is 2.10. The third-order valence-electron chi connectivity index (χ3n) is 1.78. The molecule has 0 unspecified atom stereocenters. The molecule has 0 spiro atoms. The summed E-state index contributed by atoms with van der Waals surface area (Å²) in [5.74, 6) is 4.67. The van der Waals surface area contributed by atoms with Gasteiger partial charge >= 0.3 is 87.6 Å². The van der Waals surface area contributed by atoms with Gasteiger partial charge in [-0.15, -0.1) is 0 Å². The molecule has 66 valence electrons. The van der Waals surface area contributed by atoms with Crippen LogP contribution in [-0.4, -0.2) is 29.9 Å². The summed E-state index contributed by atoms with van der Waals surface area (Å²) in [6, 6.07) is 9.02. The zero-order valence-electron chi connectivity index (χ0n) is 7.70. The average molecular weight is 292 g/mol. The van der Waals surface area contributed by atoms with Crippen molar-refractivity contribution in [3.63, 3.8) is 0 Å². The molecule has 0 aliphatic rings. The molecule has 0 amide bonds. The van der Waals surface area contributed by atoms with Crippen LogP contribution in [0.3, 0.4) is 0 Å². The number of hydrogen-bond donors (Lipinski definition) is 0. The Morgan fingerprint density at radius 3 is 1.92 bits per heavy atom. The van der Waals surface area contributed by atoms with E-state index in [1.807, 2.05) is 0 Å². The summed E-state index contributed by atoms with van der Waals surface area (Å²) >= 11 is 1.54. The summed E-state index contributed by atoms with van der Waals surface area (Å²) < 4.78 is 0.880. The van der Waals surface area contributed by atoms with Gasteiger partial charge in [-0.2, -0.15) is 0 Å². The molecule has 0 aliphatic heterocycles. The third-order valence-corrected chi connectivity index (χ3v) is 8.91. The van der Waals surface area contributed by atoms with Crippen LogP contribution in [0.1, 0.15) is 14.8 Å². The van der Waals surface area contributed by atoms with Crippen LogP contribution in [0.15, 0.2) is 24.3 Å². The minimum absolute atomic E-state index is 0.768. The van der Waals surface area contributed by atoms with Crippen molar-refractivity contribution in [2.45, 2.75) is 22.3 Å². The molecular formula is C10H14Se2. The van der Waals surface area contributed by atoms with Crippen molar-refractivity contribution in [1.82, 2.24) is 0 Å². The van der Waals surface area contributed by atoms with Gasteiger partial charge in [-0.3, -0.25) is 0 Å². The predicted octanol–water partition coefficient (Wildman–Crippen LogP) is 2.50. The summed E-state index contributed by atoms with van der Waals surface area (Å²) in [7, 11) is 0. The second-order valence-corrected chi connectivity index (χ2v) is 8.18. The molecular weight excluding hydrogens is 278 g/mol. The van der Waals surface area contributed by atoms with E-state index in [0.717, 1.165) is 33.6 Å². The van der Waals surface area contributed by atoms with Crippen LogP contribution < -0.4 is 0 Å². The first-order valence-corrected chi connectivity index (χ1v) is 9.30. The van der Waals surface area contributed by atoms with Crippen molar-refractivity contribution in [3.8, 4) is 0 Å². The van der Waals surface area contributed by atoms with Gasteiger partial charge in [-0.25, -0.2) is 0 Å². The number of rotatable bonds is 3. The SMILES string of the molecule is C[Se]C([Se]C)c1ccc(C)cc1. The van der Waals surface area contributed by atoms with Gasteiger partial charge in [0.2, 0.25) is 0 Å². The van der Waals surface area contributed by atoms with E-state index in [0.29, 0.717) is 0 Å². The van der Waals surface area contributed by atoms with Crippen LogP contribution in [0.5, 0.6) is 0 Å². The standard InChI is InChI=1S/C10H14Se2/c1-8-4-6-9(7-5-8)10(11-2)12-3/h4-7,10H,1-3H3. The molecule has 0 fully saturated rings. The summed E-state index contributed by atoms with van der Waals surface area (Å²) in [6.45, 7) is 2.15. The van der Waals surface area contributed by atoms with Gasteiger partial charge in [0.15, 0.2) is 0 Å². The molecule has 0 nitrogen and oxygen atoms in total. The zero-order valence-corrected chi connectivity index (χ0v) is 11.1. The van der Waals surface area contributed by atoms with Gasteiger partial charge in [-0.05, 0) is 0 Å². The molecule has 12 heavy (non-hydrogen) atoms. The Hall–Kier alpha value is 0.259. The van der Waals surface area contributed by atoms with Gasteiger partial charge in [0.25, 0.3) is 0 Å². The molecule has 0 saturated heterocycles. The van der Waals surface area contributed by atoms with Crippen LogP contribution in [0, 0.1) is 6.92 Å². The first-order chi connectivity index (χ1) is 5.77. The van der Waals surface area contributed by atoms with Gasteiger partial charge in [-0.1, -0.05) is 0 Å². The summed E-state index contributed by atoms with van der Waals surface area (Å²) in [5, 5.41) is 0. The van der Waals surface area contributed by atoms with E-state index >= 15 is 0 Å². The van der Waals surface area contributed by atoms with E-state index in [4.69, 9.17) is 0 Å². The van der Waals surface area contributed by atoms with Crippen LogP contribution in [0.25, 0.3) is 0 Å². The van der Waals surface area contributed by atoms with Crippen molar-refractivity contribution < 1.29 is 0 Å². The number of aryl methyl sites for hydroxylation is 1. The number of hydrogen-bond acceptors (Lipinski definition) is 0. The second-order valence-electron chi connectivity index (χ2n) is 2.71. The van der Waals surface area contributed by atoms with Crippen molar-refractivity contribution >= 4 is 29.9 Å². The molecule has 0 saturated carbocycles. The first kappa shape index (κ1) is 10.3. The summed E-state index contributed by atoms with van der Waals surface area (Å²) in [5.41, 5.74) is 2.91. The van der Waals surface area contributed by atoms with E-state index < -0.39 is 0 Å². The fraction of sp³-hybridized carbons (Fsp3) is 0.400. The maximum absolute atomic E-state index is 2.34. The van der Waals surface area contributed by atoms with Crippen LogP contribution in [0.4, 0.5) is 0 Å². The Labute approximate surface area is 87.5 Å². The zero-order chi connectivity index (χ0) is 8.97. The van der Waals surface area contributed by atoms with E-state index in [-0.39, 0.29) is 0 Å². The normalized spacial score (nSPS) is 10.7. The predicted molar refractivity (Wildman–Crippen MR) is 57.2 cm³/mol. The van der Waals surface area contributed by atoms with Gasteiger partial charge in [0.05, 0.1) is 0 Å². The monoisotopic (exact) mass is 294 g/mol. The Kier molecular flexibility index (Phi) is 4.39. The second kappa shape index (κ2) is 5.09. The molecule has 0 radical (unpaired) electrons. The van der Waals surface area contributed by atoms with Crippen LogP contribution in [-0.2, 0) is 0 Å². The molecule has 0 aliphatic carbocycles. The van der Waals surface area contributed by atoms with Gasteiger partial charge < -0.3 is 0 Å². The van der Waals surface area contributed by atoms with E-state index in [1.54, 1.807) is 5.56 Å². The van der Waals surface area contributed by atoms with Crippen molar-refractivity contribution in [3.05, 3.63) is 35.4 Å². The van der Waals surface area contributed by atoms with Gasteiger partial charge in [0, 0.05) is 0 Å². The fourth-order valence-electron chi connectivity index (χ4n) is 1.09. The van der Waals surface area contributed by atoms with Crippen molar-refractivity contribution in [2.24, 2.45) is 0 Å². The Morgan fingerprint density at radius 1 is 1.00 bits per heavy atom. The molecule has 0 N–H and O–H groups in total. The third kappa shape index (κ3) is 2.64. The van der Waals surface area contributed by atoms with Crippen LogP contribution >= 0.6 is 0 Å². The fourth-order valence-corrected chi connectivity index (χ4v) is 5.40. The Bertz CT molecular complexity index is 224. The molecule has 0 aromatic heterocycles. The minimum atomic E-state index is 0.768. The summed E-state index contributed by atoms with van der Waals surface area (Å²) in [6.07, 6.45) is 0. The van der Waals surface area contributed by atoms with Crippen LogP contribution in [0.2, 0.25) is 11.6 Å². The van der Waals surface area contributed by atoms with E-state index in [9.17, 15) is 0 Å². The Morgan fingerprint density at radius 2 is 1.50 bits per heavy atom.